The third-order valence-corrected chi connectivity index (χ3v) is 13.8. The van der Waals surface area contributed by atoms with Gasteiger partial charge in [-0.05, 0) is 83.5 Å². The van der Waals surface area contributed by atoms with Crippen LogP contribution >= 0.6 is 0 Å². The van der Waals surface area contributed by atoms with Crippen LogP contribution in [-0.4, -0.2) is 37.2 Å². The lowest BCUT2D eigenvalue weighted by atomic mass is 10.0. The van der Waals surface area contributed by atoms with Gasteiger partial charge >= 0.3 is 17.9 Å². The first-order valence-electron chi connectivity index (χ1n) is 31.1. The van der Waals surface area contributed by atoms with Crippen LogP contribution in [0.2, 0.25) is 0 Å². The van der Waals surface area contributed by atoms with Gasteiger partial charge in [-0.15, -0.1) is 0 Å². The van der Waals surface area contributed by atoms with Crippen molar-refractivity contribution in [3.8, 4) is 0 Å². The fourth-order valence-corrected chi connectivity index (χ4v) is 9.09. The molecule has 0 saturated carbocycles. The van der Waals surface area contributed by atoms with Gasteiger partial charge in [-0.2, -0.15) is 0 Å². The Balaban J connectivity index is 4.37. The third kappa shape index (κ3) is 58.1. The molecule has 0 fully saturated rings. The highest BCUT2D eigenvalue weighted by atomic mass is 16.6. The molecule has 0 rings (SSSR count). The molecule has 0 unspecified atom stereocenters. The summed E-state index contributed by atoms with van der Waals surface area (Å²) in [4.78, 5) is 38.3. The van der Waals surface area contributed by atoms with E-state index in [1.165, 1.54) is 212 Å². The number of carbonyl (C=O) groups is 3. The molecule has 0 aliphatic rings. The van der Waals surface area contributed by atoms with E-state index in [0.717, 1.165) is 77.0 Å². The lowest BCUT2D eigenvalue weighted by Crippen LogP contribution is -2.30. The van der Waals surface area contributed by atoms with E-state index in [4.69, 9.17) is 14.2 Å². The molecule has 0 amide bonds. The summed E-state index contributed by atoms with van der Waals surface area (Å²) < 4.78 is 16.9. The normalized spacial score (nSPS) is 12.3. The van der Waals surface area contributed by atoms with Crippen LogP contribution in [0.1, 0.15) is 329 Å². The van der Waals surface area contributed by atoms with Crippen LogP contribution in [0.4, 0.5) is 0 Å². The Labute approximate surface area is 441 Å². The summed E-state index contributed by atoms with van der Waals surface area (Å²) in [5.41, 5.74) is 0. The van der Waals surface area contributed by atoms with Gasteiger partial charge in [0.1, 0.15) is 13.2 Å². The van der Waals surface area contributed by atoms with E-state index in [2.05, 4.69) is 69.4 Å². The van der Waals surface area contributed by atoms with E-state index < -0.39 is 6.10 Å². The first-order chi connectivity index (χ1) is 35.0. The zero-order valence-electron chi connectivity index (χ0n) is 47.5. The van der Waals surface area contributed by atoms with Crippen LogP contribution in [0, 0.1) is 0 Å². The van der Waals surface area contributed by atoms with E-state index in [0.29, 0.717) is 19.3 Å². The summed E-state index contributed by atoms with van der Waals surface area (Å²) in [5, 5.41) is 0. The van der Waals surface area contributed by atoms with Crippen molar-refractivity contribution in [3.63, 3.8) is 0 Å². The molecule has 0 N–H and O–H groups in total. The molecule has 0 heterocycles. The molecule has 6 heteroatoms. The molecule has 0 aromatic heterocycles. The summed E-state index contributed by atoms with van der Waals surface area (Å²) in [6.07, 6.45) is 73.9. The number of esters is 3. The molecule has 0 radical (unpaired) electrons. The second-order valence-corrected chi connectivity index (χ2v) is 21.0. The highest BCUT2D eigenvalue weighted by Crippen LogP contribution is 2.17. The number of hydrogen-bond acceptors (Lipinski definition) is 6. The van der Waals surface area contributed by atoms with Crippen LogP contribution in [0.15, 0.2) is 48.6 Å². The van der Waals surface area contributed by atoms with Gasteiger partial charge in [-0.1, -0.05) is 275 Å². The number of unbranched alkanes of at least 4 members (excludes halogenated alkanes) is 38. The van der Waals surface area contributed by atoms with E-state index in [9.17, 15) is 14.4 Å². The minimum atomic E-state index is -0.778. The smallest absolute Gasteiger partial charge is 0.306 e. The molecule has 0 bridgehead atoms. The summed E-state index contributed by atoms with van der Waals surface area (Å²) in [6, 6.07) is 0. The minimum Gasteiger partial charge on any atom is -0.462 e. The maximum absolute atomic E-state index is 12.9. The Kier molecular flexibility index (Phi) is 57.7. The van der Waals surface area contributed by atoms with Gasteiger partial charge in [0.2, 0.25) is 0 Å². The van der Waals surface area contributed by atoms with E-state index in [1.807, 2.05) is 0 Å². The fraction of sp³-hybridized carbons (Fsp3) is 0.831. The van der Waals surface area contributed by atoms with Gasteiger partial charge < -0.3 is 14.2 Å². The zero-order valence-corrected chi connectivity index (χ0v) is 47.5. The maximum atomic E-state index is 12.9. The van der Waals surface area contributed by atoms with Crippen LogP contribution in [0.3, 0.4) is 0 Å². The molecule has 414 valence electrons. The Bertz CT molecular complexity index is 1230. The molecule has 1 atom stereocenters. The molecule has 0 spiro atoms. The Morgan fingerprint density at radius 3 is 0.831 bits per heavy atom. The van der Waals surface area contributed by atoms with Crippen molar-refractivity contribution in [1.82, 2.24) is 0 Å². The highest BCUT2D eigenvalue weighted by Gasteiger charge is 2.19. The van der Waals surface area contributed by atoms with Gasteiger partial charge in [0.25, 0.3) is 0 Å². The van der Waals surface area contributed by atoms with E-state index in [-0.39, 0.29) is 31.1 Å². The fourth-order valence-electron chi connectivity index (χ4n) is 9.09. The number of rotatable bonds is 57. The number of hydrogen-bond donors (Lipinski definition) is 0. The van der Waals surface area contributed by atoms with Crippen molar-refractivity contribution < 1.29 is 28.6 Å². The number of ether oxygens (including phenoxy) is 3. The maximum Gasteiger partial charge on any atom is 0.306 e. The van der Waals surface area contributed by atoms with Crippen LogP contribution in [0.5, 0.6) is 0 Å². The highest BCUT2D eigenvalue weighted by molar-refractivity contribution is 5.71. The minimum absolute atomic E-state index is 0.0746. The Morgan fingerprint density at radius 2 is 0.507 bits per heavy atom. The monoisotopic (exact) mass is 995 g/mol. The second kappa shape index (κ2) is 59.9. The first kappa shape index (κ1) is 68.4. The van der Waals surface area contributed by atoms with Crippen molar-refractivity contribution in [3.05, 3.63) is 48.6 Å². The average Bonchev–Trinajstić information content (AvgIpc) is 3.37. The van der Waals surface area contributed by atoms with Crippen molar-refractivity contribution in [2.45, 2.75) is 335 Å². The average molecular weight is 996 g/mol. The van der Waals surface area contributed by atoms with Crippen LogP contribution < -0.4 is 0 Å². The summed E-state index contributed by atoms with van der Waals surface area (Å²) >= 11 is 0. The Hall–Kier alpha value is -2.63. The summed E-state index contributed by atoms with van der Waals surface area (Å²) in [5.74, 6) is -0.870. The summed E-state index contributed by atoms with van der Waals surface area (Å²) in [7, 11) is 0. The first-order valence-corrected chi connectivity index (χ1v) is 31.1. The molecule has 0 aliphatic carbocycles. The number of carbonyl (C=O) groups excluding carboxylic acids is 3. The molecule has 6 nitrogen and oxygen atoms in total. The molecule has 0 saturated heterocycles. The summed E-state index contributed by atoms with van der Waals surface area (Å²) in [6.45, 7) is 6.64. The van der Waals surface area contributed by atoms with Gasteiger partial charge in [0, 0.05) is 19.3 Å². The van der Waals surface area contributed by atoms with E-state index in [1.54, 1.807) is 0 Å². The number of allylic oxidation sites excluding steroid dienone is 8. The molecule has 71 heavy (non-hydrogen) atoms. The molecular weight excluding hydrogens is 877 g/mol. The third-order valence-electron chi connectivity index (χ3n) is 13.8. The van der Waals surface area contributed by atoms with Gasteiger partial charge in [-0.3, -0.25) is 14.4 Å². The van der Waals surface area contributed by atoms with Crippen molar-refractivity contribution in [2.75, 3.05) is 13.2 Å². The van der Waals surface area contributed by atoms with Crippen molar-refractivity contribution in [1.29, 1.82) is 0 Å². The SMILES string of the molecule is CCCCC/C=C\C/C=C\C/C=C\CCCCCCCCC(=O)OC[C@@H](COC(=O)CCCCCCCCCCCCCCCCC)OC(=O)CCCCCCCCCCC/C=C\CCCCCCCC. The lowest BCUT2D eigenvalue weighted by molar-refractivity contribution is -0.167. The van der Waals surface area contributed by atoms with Gasteiger partial charge in [-0.25, -0.2) is 0 Å². The van der Waals surface area contributed by atoms with Crippen LogP contribution in [-0.2, 0) is 28.6 Å². The largest absolute Gasteiger partial charge is 0.462 e. The van der Waals surface area contributed by atoms with Crippen molar-refractivity contribution in [2.24, 2.45) is 0 Å². The lowest BCUT2D eigenvalue weighted by Gasteiger charge is -2.18. The zero-order chi connectivity index (χ0) is 51.4. The van der Waals surface area contributed by atoms with Gasteiger partial charge in [0.15, 0.2) is 6.10 Å². The second-order valence-electron chi connectivity index (χ2n) is 21.0. The topological polar surface area (TPSA) is 78.9 Å². The van der Waals surface area contributed by atoms with Gasteiger partial charge in [0.05, 0.1) is 0 Å². The van der Waals surface area contributed by atoms with Crippen LogP contribution in [0.25, 0.3) is 0 Å². The quantitative estimate of drug-likeness (QED) is 0.0261. The van der Waals surface area contributed by atoms with E-state index >= 15 is 0 Å². The van der Waals surface area contributed by atoms with Crippen molar-refractivity contribution >= 4 is 17.9 Å². The molecule has 0 aromatic carbocycles. The molecule has 0 aliphatic heterocycles. The predicted molar refractivity (Wildman–Crippen MR) is 307 cm³/mol. The predicted octanol–water partition coefficient (Wildman–Crippen LogP) is 21.0. The molecule has 0 aromatic rings. The Morgan fingerprint density at radius 1 is 0.282 bits per heavy atom. The molecular formula is C65H118O6. The standard InChI is InChI=1S/C65H118O6/c1-4-7-10-13-16-19-22-25-28-30-32-34-37-40-43-46-49-52-55-58-64(67)70-61-62(60-69-63(66)57-54-51-48-45-42-39-36-27-24-21-18-15-12-9-6-3)71-65(68)59-56-53-50-47-44-41-38-35-33-31-29-26-23-20-17-14-11-8-5-2/h16,19,25-26,28-29,32,34,62H,4-15,17-18,20-24,27,30-31,33,35-61H2,1-3H3/b19-16-,28-25-,29-26-,34-32-/t62-/m1/s1.